The Kier molecular flexibility index (Phi) is 5.36. The van der Waals surface area contributed by atoms with Crippen LogP contribution < -0.4 is 15.4 Å². The Balaban J connectivity index is 2.06. The molecule has 0 bridgehead atoms. The number of carbonyl (C=O) groups excluding carboxylic acids is 1. The molecular weight excluding hydrogens is 310 g/mol. The summed E-state index contributed by atoms with van der Waals surface area (Å²) in [6, 6.07) is 9.92. The average Bonchev–Trinajstić information content (AvgIpc) is 2.53. The number of benzene rings is 2. The lowest BCUT2D eigenvalue weighted by atomic mass is 10.1. The Hall–Kier alpha value is -3.09. The van der Waals surface area contributed by atoms with Gasteiger partial charge in [-0.3, -0.25) is 14.9 Å². The molecule has 2 aromatic carbocycles. The highest BCUT2D eigenvalue weighted by atomic mass is 16.6. The molecule has 0 saturated carbocycles. The molecule has 0 aliphatic heterocycles. The highest BCUT2D eigenvalue weighted by molar-refractivity contribution is 5.95. The number of methoxy groups -OCH3 is 1. The van der Waals surface area contributed by atoms with Crippen molar-refractivity contribution in [1.82, 2.24) is 0 Å². The van der Waals surface area contributed by atoms with Gasteiger partial charge in [-0.15, -0.1) is 0 Å². The predicted octanol–water partition coefficient (Wildman–Crippen LogP) is 3.27. The highest BCUT2D eigenvalue weighted by Crippen LogP contribution is 2.28. The van der Waals surface area contributed by atoms with Crippen molar-refractivity contribution < 1.29 is 14.5 Å². The van der Waals surface area contributed by atoms with Gasteiger partial charge in [-0.1, -0.05) is 17.7 Å². The molecule has 0 radical (unpaired) electrons. The summed E-state index contributed by atoms with van der Waals surface area (Å²) in [5.41, 5.74) is 3.19. The number of nitro benzene ring substituents is 1. The molecule has 0 unspecified atom stereocenters. The summed E-state index contributed by atoms with van der Waals surface area (Å²) >= 11 is 0. The first-order valence-corrected chi connectivity index (χ1v) is 7.34. The number of nitrogens with zero attached hydrogens (tertiary/aromatic N) is 1. The van der Waals surface area contributed by atoms with E-state index in [1.54, 1.807) is 0 Å². The number of rotatable bonds is 6. The number of anilines is 2. The SMILES string of the molecule is COc1ccc([N+](=O)[O-])cc1NC(=O)CNc1ccc(C)cc1C. The largest absolute Gasteiger partial charge is 0.495 e. The van der Waals surface area contributed by atoms with Gasteiger partial charge in [0, 0.05) is 17.8 Å². The minimum atomic E-state index is -0.525. The van der Waals surface area contributed by atoms with Crippen LogP contribution in [-0.2, 0) is 4.79 Å². The molecule has 0 spiro atoms. The fourth-order valence-corrected chi connectivity index (χ4v) is 2.29. The normalized spacial score (nSPS) is 10.1. The molecule has 7 nitrogen and oxygen atoms in total. The van der Waals surface area contributed by atoms with Gasteiger partial charge in [0.1, 0.15) is 5.75 Å². The van der Waals surface area contributed by atoms with Crippen LogP contribution in [-0.4, -0.2) is 24.5 Å². The molecule has 24 heavy (non-hydrogen) atoms. The number of aryl methyl sites for hydroxylation is 2. The van der Waals surface area contributed by atoms with Crippen LogP contribution in [0.4, 0.5) is 17.1 Å². The van der Waals surface area contributed by atoms with Crippen molar-refractivity contribution in [3.05, 3.63) is 57.6 Å². The number of hydrogen-bond acceptors (Lipinski definition) is 5. The zero-order valence-corrected chi connectivity index (χ0v) is 13.8. The van der Waals surface area contributed by atoms with Gasteiger partial charge >= 0.3 is 0 Å². The average molecular weight is 329 g/mol. The van der Waals surface area contributed by atoms with Crippen LogP contribution in [0.1, 0.15) is 11.1 Å². The molecule has 2 aromatic rings. The van der Waals surface area contributed by atoms with E-state index in [0.717, 1.165) is 16.8 Å². The van der Waals surface area contributed by atoms with E-state index in [1.807, 2.05) is 32.0 Å². The smallest absolute Gasteiger partial charge is 0.271 e. The first-order chi connectivity index (χ1) is 11.4. The van der Waals surface area contributed by atoms with Crippen LogP contribution >= 0.6 is 0 Å². The predicted molar refractivity (Wildman–Crippen MR) is 92.7 cm³/mol. The Bertz CT molecular complexity index is 774. The number of ether oxygens (including phenoxy) is 1. The maximum absolute atomic E-state index is 12.1. The molecule has 0 aliphatic carbocycles. The van der Waals surface area contributed by atoms with Crippen LogP contribution in [0, 0.1) is 24.0 Å². The topological polar surface area (TPSA) is 93.5 Å². The maximum Gasteiger partial charge on any atom is 0.271 e. The van der Waals surface area contributed by atoms with Gasteiger partial charge in [0.25, 0.3) is 5.69 Å². The van der Waals surface area contributed by atoms with Crippen molar-refractivity contribution >= 4 is 23.0 Å². The molecule has 126 valence electrons. The van der Waals surface area contributed by atoms with Gasteiger partial charge < -0.3 is 15.4 Å². The van der Waals surface area contributed by atoms with Crippen LogP contribution in [0.3, 0.4) is 0 Å². The van der Waals surface area contributed by atoms with Crippen molar-refractivity contribution in [2.75, 3.05) is 24.3 Å². The summed E-state index contributed by atoms with van der Waals surface area (Å²) in [7, 11) is 1.44. The molecule has 7 heteroatoms. The Morgan fingerprint density at radius 1 is 1.17 bits per heavy atom. The van der Waals surface area contributed by atoms with E-state index < -0.39 is 4.92 Å². The lowest BCUT2D eigenvalue weighted by Gasteiger charge is -2.12. The summed E-state index contributed by atoms with van der Waals surface area (Å²) in [4.78, 5) is 22.4. The fraction of sp³-hybridized carbons (Fsp3) is 0.235. The number of non-ortho nitro benzene ring substituents is 1. The van der Waals surface area contributed by atoms with Crippen molar-refractivity contribution in [2.24, 2.45) is 0 Å². The van der Waals surface area contributed by atoms with E-state index in [9.17, 15) is 14.9 Å². The van der Waals surface area contributed by atoms with Crippen LogP contribution in [0.2, 0.25) is 0 Å². The Morgan fingerprint density at radius 3 is 2.54 bits per heavy atom. The van der Waals surface area contributed by atoms with E-state index in [1.165, 1.54) is 25.3 Å². The monoisotopic (exact) mass is 329 g/mol. The molecule has 0 aromatic heterocycles. The van der Waals surface area contributed by atoms with Crippen LogP contribution in [0.15, 0.2) is 36.4 Å². The van der Waals surface area contributed by atoms with E-state index in [4.69, 9.17) is 4.74 Å². The van der Waals surface area contributed by atoms with Gasteiger partial charge in [-0.2, -0.15) is 0 Å². The van der Waals surface area contributed by atoms with E-state index in [2.05, 4.69) is 10.6 Å². The molecule has 2 rings (SSSR count). The number of hydrogen-bond donors (Lipinski definition) is 2. The van der Waals surface area contributed by atoms with Gasteiger partial charge in [0.15, 0.2) is 0 Å². The lowest BCUT2D eigenvalue weighted by molar-refractivity contribution is -0.384. The van der Waals surface area contributed by atoms with Crippen molar-refractivity contribution in [3.8, 4) is 5.75 Å². The number of nitro groups is 1. The maximum atomic E-state index is 12.1. The van der Waals surface area contributed by atoms with Gasteiger partial charge in [0.05, 0.1) is 24.3 Å². The standard InChI is InChI=1S/C17H19N3O4/c1-11-4-6-14(12(2)8-11)18-10-17(21)19-15-9-13(20(22)23)5-7-16(15)24-3/h4-9,18H,10H2,1-3H3,(H,19,21). The number of amides is 1. The number of carbonyl (C=O) groups is 1. The molecule has 2 N–H and O–H groups in total. The Morgan fingerprint density at radius 2 is 1.92 bits per heavy atom. The second kappa shape index (κ2) is 7.45. The van der Waals surface area contributed by atoms with E-state index in [-0.39, 0.29) is 23.8 Å². The van der Waals surface area contributed by atoms with Gasteiger partial charge in [-0.05, 0) is 31.5 Å². The molecule has 0 fully saturated rings. The third kappa shape index (κ3) is 4.22. The van der Waals surface area contributed by atoms with Crippen LogP contribution in [0.25, 0.3) is 0 Å². The quantitative estimate of drug-likeness (QED) is 0.626. The van der Waals surface area contributed by atoms with E-state index in [0.29, 0.717) is 5.75 Å². The summed E-state index contributed by atoms with van der Waals surface area (Å²) in [6.45, 7) is 3.99. The second-order valence-electron chi connectivity index (χ2n) is 5.36. The third-order valence-corrected chi connectivity index (χ3v) is 3.49. The number of nitrogens with one attached hydrogen (secondary N) is 2. The minimum Gasteiger partial charge on any atom is -0.495 e. The molecule has 0 aliphatic rings. The second-order valence-corrected chi connectivity index (χ2v) is 5.36. The molecule has 0 saturated heterocycles. The lowest BCUT2D eigenvalue weighted by Crippen LogP contribution is -2.22. The first kappa shape index (κ1) is 17.3. The summed E-state index contributed by atoms with van der Waals surface area (Å²) in [6.07, 6.45) is 0. The molecule has 0 heterocycles. The van der Waals surface area contributed by atoms with Crippen LogP contribution in [0.5, 0.6) is 5.75 Å². The van der Waals surface area contributed by atoms with Gasteiger partial charge in [-0.25, -0.2) is 0 Å². The molecule has 0 atom stereocenters. The molecular formula is C17H19N3O4. The summed E-state index contributed by atoms with van der Waals surface area (Å²) in [5.74, 6) is 0.0363. The van der Waals surface area contributed by atoms with Crippen molar-refractivity contribution in [1.29, 1.82) is 0 Å². The first-order valence-electron chi connectivity index (χ1n) is 7.34. The summed E-state index contributed by atoms with van der Waals surface area (Å²) in [5, 5.41) is 16.5. The third-order valence-electron chi connectivity index (χ3n) is 3.49. The zero-order chi connectivity index (χ0) is 17.7. The summed E-state index contributed by atoms with van der Waals surface area (Å²) < 4.78 is 5.12. The van der Waals surface area contributed by atoms with Gasteiger partial charge in [0.2, 0.25) is 5.91 Å². The van der Waals surface area contributed by atoms with Crippen molar-refractivity contribution in [3.63, 3.8) is 0 Å². The zero-order valence-electron chi connectivity index (χ0n) is 13.8. The Labute approximate surface area is 139 Å². The fourth-order valence-electron chi connectivity index (χ4n) is 2.29. The molecule has 1 amide bonds. The highest BCUT2D eigenvalue weighted by Gasteiger charge is 2.13. The van der Waals surface area contributed by atoms with E-state index >= 15 is 0 Å². The van der Waals surface area contributed by atoms with Crippen molar-refractivity contribution in [2.45, 2.75) is 13.8 Å². The minimum absolute atomic E-state index is 0.0374.